The van der Waals surface area contributed by atoms with Gasteiger partial charge in [-0.05, 0) is 30.7 Å². The smallest absolute Gasteiger partial charge is 0.270 e. The highest BCUT2D eigenvalue weighted by Gasteiger charge is 2.10. The van der Waals surface area contributed by atoms with Crippen molar-refractivity contribution in [2.24, 2.45) is 5.16 Å². The molecule has 1 aromatic carbocycles. The Morgan fingerprint density at radius 2 is 2.09 bits per heavy atom. The molecule has 0 bridgehead atoms. The van der Waals surface area contributed by atoms with Crippen LogP contribution in [0.2, 0.25) is 0 Å². The summed E-state index contributed by atoms with van der Waals surface area (Å²) in [6, 6.07) is 4.70. The topological polar surface area (TPSA) is 87.5 Å². The molecule has 0 saturated carbocycles. The fraction of sp³-hybridized carbons (Fsp3) is 0.143. The van der Waals surface area contributed by atoms with E-state index >= 15 is 0 Å². The van der Waals surface area contributed by atoms with Crippen molar-refractivity contribution in [1.82, 2.24) is 15.3 Å². The predicted molar refractivity (Wildman–Crippen MR) is 73.7 cm³/mol. The summed E-state index contributed by atoms with van der Waals surface area (Å²) in [7, 11) is 0. The Hall–Kier alpha value is -2.90. The van der Waals surface area contributed by atoms with Crippen molar-refractivity contribution in [2.45, 2.75) is 13.5 Å². The number of oxime groups is 1. The second-order valence-corrected chi connectivity index (χ2v) is 4.40. The summed E-state index contributed by atoms with van der Waals surface area (Å²) in [6.07, 6.45) is 1.07. The highest BCUT2D eigenvalue weighted by Crippen LogP contribution is 2.08. The lowest BCUT2D eigenvalue weighted by Gasteiger charge is -2.06. The normalized spacial score (nSPS) is 10.9. The van der Waals surface area contributed by atoms with Crippen LogP contribution >= 0.6 is 0 Å². The van der Waals surface area contributed by atoms with Gasteiger partial charge in [0, 0.05) is 6.54 Å². The lowest BCUT2D eigenvalue weighted by Crippen LogP contribution is -2.24. The number of rotatable bonds is 4. The van der Waals surface area contributed by atoms with Gasteiger partial charge < -0.3 is 10.5 Å². The first-order valence-corrected chi connectivity index (χ1v) is 6.25. The second-order valence-electron chi connectivity index (χ2n) is 4.40. The van der Waals surface area contributed by atoms with E-state index in [1.807, 2.05) is 0 Å². The van der Waals surface area contributed by atoms with Crippen LogP contribution in [0.15, 0.2) is 29.4 Å². The molecule has 0 fully saturated rings. The van der Waals surface area contributed by atoms with Crippen molar-refractivity contribution in [3.05, 3.63) is 58.7 Å². The molecule has 0 radical (unpaired) electrons. The molecule has 6 nitrogen and oxygen atoms in total. The lowest BCUT2D eigenvalue weighted by molar-refractivity contribution is 0.0945. The van der Waals surface area contributed by atoms with Crippen molar-refractivity contribution < 1.29 is 18.8 Å². The molecule has 0 unspecified atom stereocenters. The molecule has 0 saturated heterocycles. The van der Waals surface area contributed by atoms with Gasteiger partial charge in [-0.2, -0.15) is 0 Å². The van der Waals surface area contributed by atoms with Gasteiger partial charge >= 0.3 is 0 Å². The first-order chi connectivity index (χ1) is 10.5. The molecule has 0 aliphatic heterocycles. The Labute approximate surface area is 124 Å². The van der Waals surface area contributed by atoms with Crippen LogP contribution in [0.4, 0.5) is 8.78 Å². The zero-order valence-corrected chi connectivity index (χ0v) is 11.5. The van der Waals surface area contributed by atoms with Crippen LogP contribution in [0.25, 0.3) is 0 Å². The second kappa shape index (κ2) is 6.70. The van der Waals surface area contributed by atoms with E-state index in [1.54, 1.807) is 6.92 Å². The summed E-state index contributed by atoms with van der Waals surface area (Å²) in [6.45, 7) is 1.60. The van der Waals surface area contributed by atoms with E-state index in [4.69, 9.17) is 5.21 Å². The molecular formula is C14H12F2N4O2. The number of hydrogen-bond donors (Lipinski definition) is 2. The van der Waals surface area contributed by atoms with Crippen LogP contribution in [0.1, 0.15) is 27.6 Å². The first-order valence-electron chi connectivity index (χ1n) is 6.25. The monoisotopic (exact) mass is 306 g/mol. The van der Waals surface area contributed by atoms with Gasteiger partial charge in [-0.25, -0.2) is 18.7 Å². The van der Waals surface area contributed by atoms with Crippen molar-refractivity contribution in [3.63, 3.8) is 0 Å². The summed E-state index contributed by atoms with van der Waals surface area (Å²) in [5.74, 6) is -2.11. The van der Waals surface area contributed by atoms with Gasteiger partial charge in [0.2, 0.25) is 0 Å². The number of amides is 1. The maximum atomic E-state index is 13.1. The minimum atomic E-state index is -0.980. The Balaban J connectivity index is 2.10. The van der Waals surface area contributed by atoms with Crippen LogP contribution in [0, 0.1) is 18.6 Å². The van der Waals surface area contributed by atoms with Crippen LogP contribution in [0.3, 0.4) is 0 Å². The molecule has 22 heavy (non-hydrogen) atoms. The molecule has 114 valence electrons. The molecule has 2 aromatic rings. The SMILES string of the molecule is Cc1nc(C=NO)cc(C(=O)NCc2ccc(F)c(F)c2)n1. The molecule has 1 heterocycles. The van der Waals surface area contributed by atoms with E-state index < -0.39 is 17.5 Å². The minimum Gasteiger partial charge on any atom is -0.411 e. The van der Waals surface area contributed by atoms with Crippen molar-refractivity contribution >= 4 is 12.1 Å². The van der Waals surface area contributed by atoms with Gasteiger partial charge in [-0.1, -0.05) is 11.2 Å². The van der Waals surface area contributed by atoms with Crippen LogP contribution < -0.4 is 5.32 Å². The molecule has 0 aliphatic rings. The quantitative estimate of drug-likeness (QED) is 0.512. The lowest BCUT2D eigenvalue weighted by atomic mass is 10.2. The average molecular weight is 306 g/mol. The first kappa shape index (κ1) is 15.5. The summed E-state index contributed by atoms with van der Waals surface area (Å²) in [5, 5.41) is 13.9. The van der Waals surface area contributed by atoms with E-state index in [-0.39, 0.29) is 17.9 Å². The molecule has 2 rings (SSSR count). The fourth-order valence-corrected chi connectivity index (χ4v) is 1.75. The van der Waals surface area contributed by atoms with Gasteiger partial charge in [0.1, 0.15) is 11.5 Å². The predicted octanol–water partition coefficient (Wildman–Crippen LogP) is 1.80. The fourth-order valence-electron chi connectivity index (χ4n) is 1.75. The number of halogens is 2. The maximum Gasteiger partial charge on any atom is 0.270 e. The van der Waals surface area contributed by atoms with E-state index in [0.29, 0.717) is 11.4 Å². The van der Waals surface area contributed by atoms with Gasteiger partial charge in [0.15, 0.2) is 11.6 Å². The number of hydrogen-bond acceptors (Lipinski definition) is 5. The third kappa shape index (κ3) is 3.81. The van der Waals surface area contributed by atoms with E-state index in [0.717, 1.165) is 18.3 Å². The molecule has 0 spiro atoms. The van der Waals surface area contributed by atoms with Gasteiger partial charge in [0.25, 0.3) is 5.91 Å². The van der Waals surface area contributed by atoms with Crippen LogP contribution in [-0.4, -0.2) is 27.3 Å². The van der Waals surface area contributed by atoms with Gasteiger partial charge in [-0.3, -0.25) is 4.79 Å². The number of benzene rings is 1. The van der Waals surface area contributed by atoms with Gasteiger partial charge in [0.05, 0.1) is 11.9 Å². The summed E-state index contributed by atoms with van der Waals surface area (Å²) in [4.78, 5) is 19.9. The van der Waals surface area contributed by atoms with Gasteiger partial charge in [-0.15, -0.1) is 0 Å². The zero-order chi connectivity index (χ0) is 16.1. The molecular weight excluding hydrogens is 294 g/mol. The largest absolute Gasteiger partial charge is 0.411 e. The highest BCUT2D eigenvalue weighted by atomic mass is 19.2. The Morgan fingerprint density at radius 1 is 1.32 bits per heavy atom. The number of nitrogens with zero attached hydrogens (tertiary/aromatic N) is 3. The van der Waals surface area contributed by atoms with E-state index in [1.165, 1.54) is 12.1 Å². The third-order valence-corrected chi connectivity index (χ3v) is 2.72. The van der Waals surface area contributed by atoms with Crippen molar-refractivity contribution in [1.29, 1.82) is 0 Å². The minimum absolute atomic E-state index is 0.0164. The van der Waals surface area contributed by atoms with Crippen LogP contribution in [0.5, 0.6) is 0 Å². The number of aryl methyl sites for hydroxylation is 1. The maximum absolute atomic E-state index is 13.1. The number of carbonyl (C=O) groups excluding carboxylic acids is 1. The average Bonchev–Trinajstić information content (AvgIpc) is 2.48. The Bertz CT molecular complexity index is 735. The summed E-state index contributed by atoms with van der Waals surface area (Å²) in [5.41, 5.74) is 0.758. The molecule has 0 aliphatic carbocycles. The number of carbonyl (C=O) groups is 1. The molecule has 1 aromatic heterocycles. The molecule has 0 atom stereocenters. The van der Waals surface area contributed by atoms with Crippen molar-refractivity contribution in [2.75, 3.05) is 0 Å². The molecule has 8 heteroatoms. The Morgan fingerprint density at radius 3 is 2.77 bits per heavy atom. The Kier molecular flexibility index (Phi) is 4.72. The zero-order valence-electron chi connectivity index (χ0n) is 11.5. The molecule has 2 N–H and O–H groups in total. The number of aromatic nitrogens is 2. The van der Waals surface area contributed by atoms with E-state index in [2.05, 4.69) is 20.4 Å². The van der Waals surface area contributed by atoms with Crippen LogP contribution in [-0.2, 0) is 6.54 Å². The standard InChI is InChI=1S/C14H12F2N4O2/c1-8-19-10(7-18-22)5-13(20-8)14(21)17-6-9-2-3-11(15)12(16)4-9/h2-5,7,22H,6H2,1H3,(H,17,21). The van der Waals surface area contributed by atoms with E-state index in [9.17, 15) is 13.6 Å². The van der Waals surface area contributed by atoms with Crippen molar-refractivity contribution in [3.8, 4) is 0 Å². The molecule has 1 amide bonds. The highest BCUT2D eigenvalue weighted by molar-refractivity contribution is 5.93. The third-order valence-electron chi connectivity index (χ3n) is 2.72. The summed E-state index contributed by atoms with van der Waals surface area (Å²) < 4.78 is 25.9. The summed E-state index contributed by atoms with van der Waals surface area (Å²) >= 11 is 0. The number of nitrogens with one attached hydrogen (secondary N) is 1.